The lowest BCUT2D eigenvalue weighted by Gasteiger charge is -2.30. The van der Waals surface area contributed by atoms with E-state index in [-0.39, 0.29) is 49.0 Å². The van der Waals surface area contributed by atoms with Crippen LogP contribution in [0.2, 0.25) is 0 Å². The van der Waals surface area contributed by atoms with Crippen molar-refractivity contribution in [2.45, 2.75) is 107 Å². The number of benzene rings is 1. The van der Waals surface area contributed by atoms with Gasteiger partial charge in [-0.2, -0.15) is 0 Å². The zero-order chi connectivity index (χ0) is 37.6. The number of alkyl carbamates (subject to hydrolysis) is 1. The number of fused-ring (bicyclic) bond motifs is 1. The van der Waals surface area contributed by atoms with Crippen molar-refractivity contribution in [3.8, 4) is 11.6 Å². The Bertz CT molecular complexity index is 1940. The first kappa shape index (κ1) is 37.0. The van der Waals surface area contributed by atoms with E-state index in [9.17, 15) is 32.4 Å². The Morgan fingerprint density at radius 1 is 1.13 bits per heavy atom. The molecule has 0 bridgehead atoms. The number of carbonyl (C=O) groups excluding carboxylic acids is 5. The highest BCUT2D eigenvalue weighted by Gasteiger charge is 2.62. The summed E-state index contributed by atoms with van der Waals surface area (Å²) in [6.45, 7) is 6.68. The van der Waals surface area contributed by atoms with Gasteiger partial charge in [0.2, 0.25) is 21.8 Å². The molecule has 52 heavy (non-hydrogen) atoms. The van der Waals surface area contributed by atoms with Crippen LogP contribution in [0.3, 0.4) is 0 Å². The van der Waals surface area contributed by atoms with E-state index in [1.165, 1.54) is 4.90 Å². The number of Topliss-reactive ketones (excluding diaryl/α,β-unsaturated/α-hetero) is 1. The molecule has 1 aromatic carbocycles. The van der Waals surface area contributed by atoms with Gasteiger partial charge in [0.15, 0.2) is 5.78 Å². The van der Waals surface area contributed by atoms with Gasteiger partial charge in [-0.15, -0.1) is 0 Å². The van der Waals surface area contributed by atoms with Gasteiger partial charge in [0.1, 0.15) is 35.1 Å². The zero-order valence-electron chi connectivity index (χ0n) is 29.9. The standard InChI is InChI=1S/C36H45N5O10S/c1-6-21-18-36(21,33(45)40-52(47,48)24-11-12-24)39-30(43)27-17-23(50-31-25-13-10-22(49-5)16-20(25)14-15-37-31)19-41(27)32(44)29(26-8-7-9-28(26)42)38-34(46)51-35(2,3)4/h8,10,13-16,21,23-24,27,29H,6-7,9,11-12,17-19H2,1-5H3,(H,38,46)(H,39,43)(H,40,45)/t21-,23-,27+,29+,36-/m1/s1. The normalized spacial score (nSPS) is 24.9. The van der Waals surface area contributed by atoms with Crippen molar-refractivity contribution in [1.82, 2.24) is 25.2 Å². The predicted octanol–water partition coefficient (Wildman–Crippen LogP) is 2.67. The number of amides is 4. The second-order valence-corrected chi connectivity index (χ2v) is 16.8. The summed E-state index contributed by atoms with van der Waals surface area (Å²) in [6, 6.07) is 4.46. The maximum atomic E-state index is 14.5. The SMILES string of the molecule is CC[C@@H]1C[C@]1(NC(=O)[C@@H]1C[C@@H](Oc2nccc3cc(OC)ccc23)CN1C(=O)[C@@H](NC(=O)OC(C)(C)C)C1=CCCC1=O)C(=O)NS(=O)(=O)C1CC1. The van der Waals surface area contributed by atoms with Crippen LogP contribution in [-0.4, -0.2) is 96.1 Å². The van der Waals surface area contributed by atoms with Crippen LogP contribution in [0, 0.1) is 5.92 Å². The highest BCUT2D eigenvalue weighted by Crippen LogP contribution is 2.47. The van der Waals surface area contributed by atoms with Crippen LogP contribution < -0.4 is 24.8 Å². The van der Waals surface area contributed by atoms with E-state index in [0.29, 0.717) is 36.8 Å². The van der Waals surface area contributed by atoms with Crippen molar-refractivity contribution in [1.29, 1.82) is 0 Å². The molecule has 15 nitrogen and oxygen atoms in total. The molecule has 280 valence electrons. The van der Waals surface area contributed by atoms with E-state index >= 15 is 0 Å². The van der Waals surface area contributed by atoms with Crippen LogP contribution >= 0.6 is 0 Å². The van der Waals surface area contributed by atoms with Crippen molar-refractivity contribution < 1.29 is 46.6 Å². The lowest BCUT2D eigenvalue weighted by Crippen LogP contribution is -2.59. The number of hydrogen-bond donors (Lipinski definition) is 3. The number of sulfonamides is 1. The molecule has 3 aliphatic carbocycles. The zero-order valence-corrected chi connectivity index (χ0v) is 30.7. The number of nitrogens with zero attached hydrogens (tertiary/aromatic N) is 2. The summed E-state index contributed by atoms with van der Waals surface area (Å²) >= 11 is 0. The molecule has 2 heterocycles. The van der Waals surface area contributed by atoms with Gasteiger partial charge < -0.3 is 29.7 Å². The summed E-state index contributed by atoms with van der Waals surface area (Å²) in [5.41, 5.74) is -2.31. The van der Waals surface area contributed by atoms with Gasteiger partial charge >= 0.3 is 6.09 Å². The molecule has 2 aromatic rings. The van der Waals surface area contributed by atoms with E-state index in [4.69, 9.17) is 14.2 Å². The first-order valence-corrected chi connectivity index (χ1v) is 19.1. The predicted molar refractivity (Wildman–Crippen MR) is 188 cm³/mol. The van der Waals surface area contributed by atoms with Gasteiger partial charge in [-0.3, -0.25) is 23.9 Å². The molecule has 1 aliphatic heterocycles. The van der Waals surface area contributed by atoms with Gasteiger partial charge in [0.05, 0.1) is 18.9 Å². The number of rotatable bonds is 12. The maximum absolute atomic E-state index is 14.5. The third kappa shape index (κ3) is 7.71. The number of likely N-dealkylation sites (tertiary alicyclic amines) is 1. The van der Waals surface area contributed by atoms with Crippen molar-refractivity contribution in [3.63, 3.8) is 0 Å². The van der Waals surface area contributed by atoms with Crippen LogP contribution in [0.1, 0.15) is 72.6 Å². The third-order valence-corrected chi connectivity index (χ3v) is 11.7. The van der Waals surface area contributed by atoms with Gasteiger partial charge in [-0.25, -0.2) is 18.2 Å². The number of aromatic nitrogens is 1. The molecule has 6 rings (SSSR count). The Morgan fingerprint density at radius 3 is 2.50 bits per heavy atom. The minimum absolute atomic E-state index is 0.0349. The minimum atomic E-state index is -3.90. The third-order valence-electron chi connectivity index (χ3n) is 9.89. The van der Waals surface area contributed by atoms with Crippen molar-refractivity contribution in [3.05, 3.63) is 42.1 Å². The Hall–Kier alpha value is -4.73. The summed E-state index contributed by atoms with van der Waals surface area (Å²) in [4.78, 5) is 73.9. The highest BCUT2D eigenvalue weighted by molar-refractivity contribution is 7.91. The highest BCUT2D eigenvalue weighted by atomic mass is 32.2. The van der Waals surface area contributed by atoms with Crippen molar-refractivity contribution in [2.24, 2.45) is 5.92 Å². The Balaban J connectivity index is 1.31. The number of allylic oxidation sites excluding steroid dienone is 1. The van der Waals surface area contributed by atoms with Crippen LogP contribution in [0.5, 0.6) is 11.6 Å². The van der Waals surface area contributed by atoms with Gasteiger partial charge in [0.25, 0.3) is 11.8 Å². The lowest BCUT2D eigenvalue weighted by atomic mass is 10.0. The molecule has 1 aromatic heterocycles. The molecule has 4 amide bonds. The summed E-state index contributed by atoms with van der Waals surface area (Å²) in [5, 5.41) is 6.16. The molecular formula is C36H45N5O10S. The lowest BCUT2D eigenvalue weighted by molar-refractivity contribution is -0.141. The van der Waals surface area contributed by atoms with Crippen LogP contribution in [0.25, 0.3) is 10.8 Å². The fourth-order valence-electron chi connectivity index (χ4n) is 6.94. The number of ether oxygens (including phenoxy) is 3. The first-order chi connectivity index (χ1) is 24.5. The Labute approximate surface area is 302 Å². The van der Waals surface area contributed by atoms with Crippen molar-refractivity contribution in [2.75, 3.05) is 13.7 Å². The van der Waals surface area contributed by atoms with Gasteiger partial charge in [-0.1, -0.05) is 19.4 Å². The van der Waals surface area contributed by atoms with E-state index < -0.39 is 68.4 Å². The quantitative estimate of drug-likeness (QED) is 0.289. The summed E-state index contributed by atoms with van der Waals surface area (Å²) in [6.07, 6.45) is 3.56. The fraction of sp³-hybridized carbons (Fsp3) is 0.556. The van der Waals surface area contributed by atoms with Crippen LogP contribution in [-0.2, 0) is 33.9 Å². The molecule has 1 saturated heterocycles. The number of carbonyl (C=O) groups is 5. The minimum Gasteiger partial charge on any atom is -0.497 e. The second-order valence-electron chi connectivity index (χ2n) is 14.8. The van der Waals surface area contributed by atoms with E-state index in [1.54, 1.807) is 58.4 Å². The fourth-order valence-corrected chi connectivity index (χ4v) is 8.30. The smallest absolute Gasteiger partial charge is 0.408 e. The molecule has 4 aliphatic rings. The van der Waals surface area contributed by atoms with Crippen LogP contribution in [0.15, 0.2) is 42.1 Å². The molecule has 0 unspecified atom stereocenters. The maximum Gasteiger partial charge on any atom is 0.408 e. The molecule has 2 saturated carbocycles. The molecule has 3 fully saturated rings. The van der Waals surface area contributed by atoms with E-state index in [0.717, 1.165) is 5.39 Å². The monoisotopic (exact) mass is 739 g/mol. The summed E-state index contributed by atoms with van der Waals surface area (Å²) in [7, 11) is -2.34. The number of nitrogens with one attached hydrogen (secondary N) is 3. The molecule has 3 N–H and O–H groups in total. The number of methoxy groups -OCH3 is 1. The molecular weight excluding hydrogens is 694 g/mol. The molecule has 16 heteroatoms. The first-order valence-electron chi connectivity index (χ1n) is 17.6. The summed E-state index contributed by atoms with van der Waals surface area (Å²) in [5.74, 6) is -2.03. The molecule has 0 spiro atoms. The van der Waals surface area contributed by atoms with Crippen molar-refractivity contribution >= 4 is 50.4 Å². The number of ketones is 1. The van der Waals surface area contributed by atoms with Gasteiger partial charge in [-0.05, 0) is 82.0 Å². The Morgan fingerprint density at radius 2 is 1.88 bits per heavy atom. The average Bonchev–Trinajstić information content (AvgIpc) is 3.98. The van der Waals surface area contributed by atoms with Crippen LogP contribution in [0.4, 0.5) is 4.79 Å². The summed E-state index contributed by atoms with van der Waals surface area (Å²) < 4.78 is 44.7. The largest absolute Gasteiger partial charge is 0.497 e. The average molecular weight is 740 g/mol. The second kappa shape index (κ2) is 14.0. The number of hydrogen-bond acceptors (Lipinski definition) is 11. The topological polar surface area (TPSA) is 199 Å². The van der Waals surface area contributed by atoms with E-state index in [1.807, 2.05) is 13.0 Å². The molecule has 0 radical (unpaired) electrons. The molecule has 5 atom stereocenters. The number of pyridine rings is 1. The van der Waals surface area contributed by atoms with E-state index in [2.05, 4.69) is 20.3 Å². The Kier molecular flexibility index (Phi) is 9.98. The van der Waals surface area contributed by atoms with Gasteiger partial charge in [0, 0.05) is 30.0 Å².